The lowest BCUT2D eigenvalue weighted by molar-refractivity contribution is -0.126. The molecule has 1 saturated heterocycles. The number of hydrogen-bond acceptors (Lipinski definition) is 5. The molecule has 0 bridgehead atoms. The molecule has 3 heterocycles. The number of dihydropyridines is 1. The second kappa shape index (κ2) is 9.73. The summed E-state index contributed by atoms with van der Waals surface area (Å²) in [4.78, 5) is 26.8. The zero-order chi connectivity index (χ0) is 24.4. The van der Waals surface area contributed by atoms with Gasteiger partial charge in [0.15, 0.2) is 0 Å². The second-order valence-electron chi connectivity index (χ2n) is 9.52. The molecular formula is C26H30N4O4S. The van der Waals surface area contributed by atoms with E-state index in [2.05, 4.69) is 22.0 Å². The number of fused-ring (bicyclic) bond motifs is 1. The lowest BCUT2D eigenvalue weighted by Crippen LogP contribution is -2.42. The third kappa shape index (κ3) is 5.51. The third-order valence-electron chi connectivity index (χ3n) is 7.07. The Bertz CT molecular complexity index is 1230. The predicted molar refractivity (Wildman–Crippen MR) is 136 cm³/mol. The Morgan fingerprint density at radius 3 is 2.49 bits per heavy atom. The molecule has 5 rings (SSSR count). The number of carbonyl (C=O) groups excluding carboxylic acids is 2. The number of rotatable bonds is 4. The topological polar surface area (TPSA) is 108 Å². The number of amides is 3. The number of nitrogens with zero attached hydrogens (tertiary/aromatic N) is 1. The van der Waals surface area contributed by atoms with Crippen LogP contribution in [0.3, 0.4) is 0 Å². The van der Waals surface area contributed by atoms with Crippen molar-refractivity contribution in [1.82, 2.24) is 15.5 Å². The molecule has 1 atom stereocenters. The van der Waals surface area contributed by atoms with E-state index in [-0.39, 0.29) is 35.4 Å². The maximum absolute atomic E-state index is 12.6. The van der Waals surface area contributed by atoms with Crippen molar-refractivity contribution in [3.63, 3.8) is 0 Å². The Labute approximate surface area is 205 Å². The molecule has 184 valence electrons. The first-order chi connectivity index (χ1) is 16.9. The maximum atomic E-state index is 12.6. The highest BCUT2D eigenvalue weighted by Crippen LogP contribution is 2.29. The Balaban J connectivity index is 1.12. The van der Waals surface area contributed by atoms with Crippen molar-refractivity contribution in [2.75, 3.05) is 23.4 Å². The van der Waals surface area contributed by atoms with E-state index in [0.717, 1.165) is 41.7 Å². The number of carbonyl (C=O) groups is 2. The Kier molecular flexibility index (Phi) is 6.51. The number of allylic oxidation sites excluding steroid dienone is 2. The van der Waals surface area contributed by atoms with E-state index >= 15 is 0 Å². The van der Waals surface area contributed by atoms with Gasteiger partial charge in [0, 0.05) is 36.2 Å². The van der Waals surface area contributed by atoms with E-state index < -0.39 is 9.84 Å². The van der Waals surface area contributed by atoms with Gasteiger partial charge in [0.25, 0.3) is 0 Å². The largest absolute Gasteiger partial charge is 0.367 e. The van der Waals surface area contributed by atoms with Crippen LogP contribution in [0.5, 0.6) is 0 Å². The maximum Gasteiger partial charge on any atom is 0.326 e. The van der Waals surface area contributed by atoms with Gasteiger partial charge in [0.05, 0.1) is 18.1 Å². The quantitative estimate of drug-likeness (QED) is 0.595. The summed E-state index contributed by atoms with van der Waals surface area (Å²) < 4.78 is 23.2. The summed E-state index contributed by atoms with van der Waals surface area (Å²) in [5.41, 5.74) is 5.21. The smallest absolute Gasteiger partial charge is 0.326 e. The minimum atomic E-state index is -2.96. The van der Waals surface area contributed by atoms with Crippen LogP contribution in [0.4, 0.5) is 10.5 Å². The number of benzene rings is 1. The summed E-state index contributed by atoms with van der Waals surface area (Å²) in [7, 11) is -2.96. The third-order valence-corrected chi connectivity index (χ3v) is 8.79. The van der Waals surface area contributed by atoms with E-state index in [1.807, 2.05) is 48.9 Å². The molecule has 1 aliphatic carbocycles. The number of anilines is 1. The van der Waals surface area contributed by atoms with Gasteiger partial charge in [-0.2, -0.15) is 0 Å². The number of nitrogens with one attached hydrogen (secondary N) is 3. The van der Waals surface area contributed by atoms with Crippen LogP contribution in [0.2, 0.25) is 0 Å². The molecule has 1 unspecified atom stereocenters. The van der Waals surface area contributed by atoms with E-state index in [9.17, 15) is 18.0 Å². The molecule has 0 saturated carbocycles. The highest BCUT2D eigenvalue weighted by atomic mass is 32.2. The van der Waals surface area contributed by atoms with Gasteiger partial charge in [-0.3, -0.25) is 9.69 Å². The standard InChI is InChI=1S/C26H30N4O4S/c31-25(20-10-13-35(33,34)14-11-20)28-23-5-1-18(2-6-23)19-3-7-24(8-4-19)29-26(32)30-16-21-9-12-27-15-22(21)17-30/h1,3-4,7-9,12,15-16,20,23,27H,2,5-6,10-11,13-14,17H2,(H,28,31)(H,29,32). The molecule has 1 fully saturated rings. The van der Waals surface area contributed by atoms with Crippen LogP contribution in [-0.4, -0.2) is 49.3 Å². The minimum Gasteiger partial charge on any atom is -0.367 e. The van der Waals surface area contributed by atoms with Gasteiger partial charge in [0.1, 0.15) is 9.84 Å². The van der Waals surface area contributed by atoms with Crippen molar-refractivity contribution in [2.24, 2.45) is 5.92 Å². The van der Waals surface area contributed by atoms with Gasteiger partial charge in [-0.15, -0.1) is 0 Å². The zero-order valence-electron chi connectivity index (χ0n) is 19.5. The van der Waals surface area contributed by atoms with Crippen LogP contribution in [0.25, 0.3) is 5.57 Å². The first-order valence-corrected chi connectivity index (χ1v) is 13.9. The Morgan fingerprint density at radius 2 is 1.80 bits per heavy atom. The van der Waals surface area contributed by atoms with Crippen LogP contribution < -0.4 is 16.0 Å². The van der Waals surface area contributed by atoms with E-state index in [4.69, 9.17) is 0 Å². The van der Waals surface area contributed by atoms with Gasteiger partial charge in [-0.1, -0.05) is 18.2 Å². The minimum absolute atomic E-state index is 0.0154. The summed E-state index contributed by atoms with van der Waals surface area (Å²) in [6, 6.07) is 7.77. The molecule has 35 heavy (non-hydrogen) atoms. The average Bonchev–Trinajstić information content (AvgIpc) is 3.30. The fourth-order valence-electron chi connectivity index (χ4n) is 4.93. The van der Waals surface area contributed by atoms with E-state index in [1.54, 1.807) is 4.90 Å². The monoisotopic (exact) mass is 494 g/mol. The SMILES string of the molecule is O=C(NC1CC=C(c2ccc(NC(=O)N3C=C4C=CNC=C4C3)cc2)CC1)C1CCS(=O)(=O)CC1. The summed E-state index contributed by atoms with van der Waals surface area (Å²) in [5.74, 6) is 0.00773. The number of sulfone groups is 1. The van der Waals surface area contributed by atoms with E-state index in [0.29, 0.717) is 19.4 Å². The number of hydrogen-bond donors (Lipinski definition) is 3. The molecule has 9 heteroatoms. The molecular weight excluding hydrogens is 464 g/mol. The molecule has 8 nitrogen and oxygen atoms in total. The van der Waals surface area contributed by atoms with Crippen molar-refractivity contribution in [3.05, 3.63) is 71.7 Å². The highest BCUT2D eigenvalue weighted by molar-refractivity contribution is 7.91. The van der Waals surface area contributed by atoms with Gasteiger partial charge in [-0.05, 0) is 72.6 Å². The summed E-state index contributed by atoms with van der Waals surface area (Å²) in [5, 5.41) is 9.12. The van der Waals surface area contributed by atoms with Crippen molar-refractivity contribution in [1.29, 1.82) is 0 Å². The van der Waals surface area contributed by atoms with Crippen molar-refractivity contribution in [2.45, 2.75) is 38.1 Å². The fraction of sp³-hybridized carbons (Fsp3) is 0.385. The second-order valence-corrected chi connectivity index (χ2v) is 11.8. The lowest BCUT2D eigenvalue weighted by Gasteiger charge is -2.27. The van der Waals surface area contributed by atoms with Gasteiger partial charge < -0.3 is 16.0 Å². The van der Waals surface area contributed by atoms with E-state index in [1.165, 1.54) is 5.57 Å². The summed E-state index contributed by atoms with van der Waals surface area (Å²) in [6.07, 6.45) is 13.0. The van der Waals surface area contributed by atoms with Crippen LogP contribution in [-0.2, 0) is 14.6 Å². The van der Waals surface area contributed by atoms with Crippen LogP contribution >= 0.6 is 0 Å². The van der Waals surface area contributed by atoms with Gasteiger partial charge in [0.2, 0.25) is 5.91 Å². The Morgan fingerprint density at radius 1 is 1.03 bits per heavy atom. The molecule has 3 aliphatic heterocycles. The lowest BCUT2D eigenvalue weighted by atomic mass is 9.90. The molecule has 0 radical (unpaired) electrons. The van der Waals surface area contributed by atoms with Crippen LogP contribution in [0.15, 0.2) is 66.2 Å². The first kappa shape index (κ1) is 23.4. The number of urea groups is 1. The van der Waals surface area contributed by atoms with Crippen molar-refractivity contribution in [3.8, 4) is 0 Å². The molecule has 1 aromatic rings. The highest BCUT2D eigenvalue weighted by Gasteiger charge is 2.30. The van der Waals surface area contributed by atoms with Gasteiger partial charge in [-0.25, -0.2) is 13.2 Å². The van der Waals surface area contributed by atoms with Crippen molar-refractivity contribution >= 4 is 33.0 Å². The molecule has 3 N–H and O–H groups in total. The first-order valence-electron chi connectivity index (χ1n) is 12.1. The van der Waals surface area contributed by atoms with Gasteiger partial charge >= 0.3 is 6.03 Å². The van der Waals surface area contributed by atoms with Crippen molar-refractivity contribution < 1.29 is 18.0 Å². The Hall–Kier alpha value is -3.33. The fourth-order valence-corrected chi connectivity index (χ4v) is 6.42. The molecule has 3 amide bonds. The molecule has 4 aliphatic rings. The summed E-state index contributed by atoms with van der Waals surface area (Å²) >= 11 is 0. The molecule has 0 aromatic heterocycles. The molecule has 0 spiro atoms. The van der Waals surface area contributed by atoms with Crippen LogP contribution in [0.1, 0.15) is 37.7 Å². The van der Waals surface area contributed by atoms with Crippen LogP contribution in [0, 0.1) is 5.92 Å². The zero-order valence-corrected chi connectivity index (χ0v) is 20.3. The predicted octanol–water partition coefficient (Wildman–Crippen LogP) is 3.30. The molecule has 1 aromatic carbocycles. The average molecular weight is 495 g/mol. The summed E-state index contributed by atoms with van der Waals surface area (Å²) in [6.45, 7) is 0.543. The normalized spacial score (nSPS) is 23.4.